The Labute approximate surface area is 240 Å². The summed E-state index contributed by atoms with van der Waals surface area (Å²) in [6, 6.07) is 21.4. The SMILES string of the molecule is Cc1cc(Nc2c(C#N)cnc3ccc(N4CCOCC4)cc23)ccc1Oc1ccc(C(=O)NCC(C)(C)C)cc1. The lowest BCUT2D eigenvalue weighted by Crippen LogP contribution is -2.36. The van der Waals surface area contributed by atoms with Crippen LogP contribution in [-0.4, -0.2) is 43.7 Å². The second-order valence-corrected chi connectivity index (χ2v) is 11.4. The van der Waals surface area contributed by atoms with Gasteiger partial charge < -0.3 is 25.0 Å². The lowest BCUT2D eigenvalue weighted by Gasteiger charge is -2.29. The Morgan fingerprint density at radius 1 is 1.07 bits per heavy atom. The van der Waals surface area contributed by atoms with Crippen molar-refractivity contribution in [3.63, 3.8) is 0 Å². The van der Waals surface area contributed by atoms with Crippen molar-refractivity contribution in [2.24, 2.45) is 5.41 Å². The summed E-state index contributed by atoms with van der Waals surface area (Å²) < 4.78 is 11.6. The molecule has 3 aromatic carbocycles. The third kappa shape index (κ3) is 6.76. The fourth-order valence-corrected chi connectivity index (χ4v) is 4.65. The molecule has 1 saturated heterocycles. The van der Waals surface area contributed by atoms with Crippen LogP contribution >= 0.6 is 0 Å². The van der Waals surface area contributed by atoms with Crippen LogP contribution in [0.25, 0.3) is 10.9 Å². The third-order valence-corrected chi connectivity index (χ3v) is 6.92. The van der Waals surface area contributed by atoms with Crippen LogP contribution in [0.3, 0.4) is 0 Å². The molecular formula is C33H35N5O3. The van der Waals surface area contributed by atoms with Crippen molar-refractivity contribution < 1.29 is 14.3 Å². The molecule has 0 radical (unpaired) electrons. The number of carbonyl (C=O) groups is 1. The molecule has 4 aromatic rings. The minimum absolute atomic E-state index is 0.0176. The van der Waals surface area contributed by atoms with E-state index in [0.717, 1.165) is 46.6 Å². The number of amides is 1. The summed E-state index contributed by atoms with van der Waals surface area (Å²) in [5, 5.41) is 17.2. The average Bonchev–Trinajstić information content (AvgIpc) is 2.97. The molecule has 1 aliphatic rings. The largest absolute Gasteiger partial charge is 0.457 e. The highest BCUT2D eigenvalue weighted by Gasteiger charge is 2.16. The maximum Gasteiger partial charge on any atom is 0.251 e. The van der Waals surface area contributed by atoms with Gasteiger partial charge in [-0.25, -0.2) is 0 Å². The molecule has 0 saturated carbocycles. The van der Waals surface area contributed by atoms with Crippen molar-refractivity contribution in [2.45, 2.75) is 27.7 Å². The van der Waals surface area contributed by atoms with Crippen molar-refractivity contribution in [3.8, 4) is 17.6 Å². The van der Waals surface area contributed by atoms with E-state index in [0.29, 0.717) is 42.4 Å². The lowest BCUT2D eigenvalue weighted by atomic mass is 9.97. The lowest BCUT2D eigenvalue weighted by molar-refractivity contribution is 0.0939. The van der Waals surface area contributed by atoms with Crippen molar-refractivity contribution in [1.82, 2.24) is 10.3 Å². The first-order chi connectivity index (χ1) is 19.7. The number of nitrogens with zero attached hydrogens (tertiary/aromatic N) is 3. The van der Waals surface area contributed by atoms with Gasteiger partial charge in [-0.15, -0.1) is 0 Å². The molecule has 8 nitrogen and oxygen atoms in total. The molecule has 5 rings (SSSR count). The third-order valence-electron chi connectivity index (χ3n) is 6.92. The number of morpholine rings is 1. The Morgan fingerprint density at radius 3 is 2.51 bits per heavy atom. The number of carbonyl (C=O) groups excluding carboxylic acids is 1. The van der Waals surface area contributed by atoms with E-state index in [-0.39, 0.29) is 11.3 Å². The van der Waals surface area contributed by atoms with Crippen LogP contribution in [0.4, 0.5) is 17.1 Å². The summed E-state index contributed by atoms with van der Waals surface area (Å²) in [7, 11) is 0. The normalized spacial score (nSPS) is 13.5. The number of benzene rings is 3. The van der Waals surface area contributed by atoms with Crippen LogP contribution in [0.5, 0.6) is 11.5 Å². The molecule has 2 N–H and O–H groups in total. The molecule has 1 aliphatic heterocycles. The highest BCUT2D eigenvalue weighted by atomic mass is 16.5. The van der Waals surface area contributed by atoms with Gasteiger partial charge in [0.25, 0.3) is 5.91 Å². The van der Waals surface area contributed by atoms with E-state index in [1.165, 1.54) is 0 Å². The number of anilines is 3. The van der Waals surface area contributed by atoms with Crippen LogP contribution in [0, 0.1) is 23.7 Å². The van der Waals surface area contributed by atoms with Gasteiger partial charge in [0, 0.05) is 48.2 Å². The van der Waals surface area contributed by atoms with E-state index < -0.39 is 0 Å². The van der Waals surface area contributed by atoms with Gasteiger partial charge in [-0.3, -0.25) is 9.78 Å². The summed E-state index contributed by atoms with van der Waals surface area (Å²) in [5.74, 6) is 1.24. The first-order valence-electron chi connectivity index (χ1n) is 13.8. The number of ether oxygens (including phenoxy) is 2. The number of nitriles is 1. The highest BCUT2D eigenvalue weighted by Crippen LogP contribution is 2.34. The zero-order valence-corrected chi connectivity index (χ0v) is 24.0. The summed E-state index contributed by atoms with van der Waals surface area (Å²) in [5.41, 5.74) is 5.46. The van der Waals surface area contributed by atoms with Gasteiger partial charge in [0.2, 0.25) is 0 Å². The zero-order chi connectivity index (χ0) is 29.0. The Morgan fingerprint density at radius 2 is 1.83 bits per heavy atom. The average molecular weight is 550 g/mol. The van der Waals surface area contributed by atoms with Crippen molar-refractivity contribution >= 4 is 33.9 Å². The van der Waals surface area contributed by atoms with Crippen LogP contribution in [0.2, 0.25) is 0 Å². The van der Waals surface area contributed by atoms with E-state index in [9.17, 15) is 10.1 Å². The standard InChI is InChI=1S/C33H35N5O3/c1-22-17-25(7-12-30(22)41-27-9-5-23(6-10-27)32(39)36-21-33(2,3)4)37-31-24(19-34)20-35-29-11-8-26(18-28(29)31)38-13-15-40-16-14-38/h5-12,17-18,20H,13-16,21H2,1-4H3,(H,35,37)(H,36,39). The van der Waals surface area contributed by atoms with E-state index >= 15 is 0 Å². The summed E-state index contributed by atoms with van der Waals surface area (Å²) >= 11 is 0. The number of fused-ring (bicyclic) bond motifs is 1. The maximum atomic E-state index is 12.4. The molecule has 0 bridgehead atoms. The van der Waals surface area contributed by atoms with E-state index in [1.807, 2.05) is 31.2 Å². The van der Waals surface area contributed by atoms with Gasteiger partial charge >= 0.3 is 0 Å². The Kier molecular flexibility index (Phi) is 8.09. The van der Waals surface area contributed by atoms with Crippen molar-refractivity contribution in [2.75, 3.05) is 43.1 Å². The summed E-state index contributed by atoms with van der Waals surface area (Å²) in [4.78, 5) is 19.2. The summed E-state index contributed by atoms with van der Waals surface area (Å²) in [6.07, 6.45) is 1.61. The van der Waals surface area contributed by atoms with Crippen LogP contribution in [0.15, 0.2) is 66.9 Å². The Balaban J connectivity index is 1.33. The number of hydrogen-bond donors (Lipinski definition) is 2. The van der Waals surface area contributed by atoms with Crippen LogP contribution in [0.1, 0.15) is 42.3 Å². The van der Waals surface area contributed by atoms with Gasteiger partial charge in [0.15, 0.2) is 0 Å². The fraction of sp³-hybridized carbons (Fsp3) is 0.303. The van der Waals surface area contributed by atoms with Gasteiger partial charge in [-0.2, -0.15) is 5.26 Å². The van der Waals surface area contributed by atoms with Gasteiger partial charge in [-0.1, -0.05) is 20.8 Å². The first-order valence-corrected chi connectivity index (χ1v) is 13.8. The molecule has 8 heteroatoms. The highest BCUT2D eigenvalue weighted by molar-refractivity contribution is 5.98. The van der Waals surface area contributed by atoms with E-state index in [2.05, 4.69) is 59.5 Å². The molecule has 1 aromatic heterocycles. The van der Waals surface area contributed by atoms with Crippen LogP contribution < -0.4 is 20.3 Å². The Hall–Kier alpha value is -4.61. The van der Waals surface area contributed by atoms with E-state index in [1.54, 1.807) is 30.5 Å². The molecule has 0 atom stereocenters. The fourth-order valence-electron chi connectivity index (χ4n) is 4.65. The topological polar surface area (TPSA) is 99.5 Å². The molecule has 1 fully saturated rings. The molecule has 0 unspecified atom stereocenters. The molecule has 0 aliphatic carbocycles. The first kappa shape index (κ1) is 27.9. The number of aromatic nitrogens is 1. The maximum absolute atomic E-state index is 12.4. The number of rotatable bonds is 7. The molecule has 210 valence electrons. The molecule has 2 heterocycles. The minimum Gasteiger partial charge on any atom is -0.457 e. The predicted molar refractivity (Wildman–Crippen MR) is 162 cm³/mol. The minimum atomic E-state index is -0.101. The molecule has 1 amide bonds. The second-order valence-electron chi connectivity index (χ2n) is 11.4. The monoisotopic (exact) mass is 549 g/mol. The van der Waals surface area contributed by atoms with E-state index in [4.69, 9.17) is 9.47 Å². The van der Waals surface area contributed by atoms with Gasteiger partial charge in [0.05, 0.1) is 30.0 Å². The van der Waals surface area contributed by atoms with Gasteiger partial charge in [0.1, 0.15) is 17.6 Å². The van der Waals surface area contributed by atoms with Gasteiger partial charge in [-0.05, 0) is 78.6 Å². The smallest absolute Gasteiger partial charge is 0.251 e. The Bertz CT molecular complexity index is 1600. The molecular weight excluding hydrogens is 514 g/mol. The number of pyridine rings is 1. The quantitative estimate of drug-likeness (QED) is 0.269. The second kappa shape index (κ2) is 11.9. The zero-order valence-electron chi connectivity index (χ0n) is 24.0. The number of hydrogen-bond acceptors (Lipinski definition) is 7. The predicted octanol–water partition coefficient (Wildman–Crippen LogP) is 6.56. The molecule has 0 spiro atoms. The van der Waals surface area contributed by atoms with Crippen LogP contribution in [-0.2, 0) is 4.74 Å². The van der Waals surface area contributed by atoms with Crippen molar-refractivity contribution in [1.29, 1.82) is 5.26 Å². The summed E-state index contributed by atoms with van der Waals surface area (Å²) in [6.45, 7) is 11.9. The van der Waals surface area contributed by atoms with Crippen molar-refractivity contribution in [3.05, 3.63) is 83.6 Å². The number of aryl methyl sites for hydroxylation is 1. The number of nitrogens with one attached hydrogen (secondary N) is 2. The molecule has 41 heavy (non-hydrogen) atoms.